The van der Waals surface area contributed by atoms with Gasteiger partial charge in [-0.05, 0) is 81.7 Å². The predicted octanol–water partition coefficient (Wildman–Crippen LogP) is 4.99. The number of unbranched alkanes of at least 4 members (excludes halogenated alkanes) is 1. The first kappa shape index (κ1) is 28.7. The minimum Gasteiger partial charge on any atom is -0.507 e. The molecule has 1 aliphatic rings. The number of carbonyl (C=O) groups is 2. The molecule has 218 valence electrons. The average Bonchev–Trinajstić information content (AvgIpc) is 3.61. The van der Waals surface area contributed by atoms with Crippen LogP contribution in [-0.2, 0) is 4.79 Å². The van der Waals surface area contributed by atoms with Crippen molar-refractivity contribution in [2.45, 2.75) is 63.5 Å². The molecule has 1 aliphatic carbocycles. The van der Waals surface area contributed by atoms with E-state index < -0.39 is 17.9 Å². The number of aromatic hydroxyl groups is 1. The van der Waals surface area contributed by atoms with Crippen LogP contribution in [0.25, 0.3) is 22.1 Å². The van der Waals surface area contributed by atoms with Crippen molar-refractivity contribution in [3.63, 3.8) is 0 Å². The van der Waals surface area contributed by atoms with Crippen molar-refractivity contribution in [1.82, 2.24) is 24.8 Å². The average molecular weight is 572 g/mol. The molecular weight excluding hydrogens is 538 g/mol. The lowest BCUT2D eigenvalue weighted by molar-refractivity contribution is -0.139. The van der Waals surface area contributed by atoms with Gasteiger partial charge >= 0.3 is 5.97 Å². The van der Waals surface area contributed by atoms with Crippen molar-refractivity contribution in [2.75, 3.05) is 6.54 Å². The summed E-state index contributed by atoms with van der Waals surface area (Å²) in [6.07, 6.45) is 9.06. The number of carboxylic acid groups (broad SMARTS) is 1. The van der Waals surface area contributed by atoms with Gasteiger partial charge in [-0.15, -0.1) is 10.2 Å². The number of pyridine rings is 1. The summed E-state index contributed by atoms with van der Waals surface area (Å²) in [6, 6.07) is 7.42. The Hall–Kier alpha value is -4.83. The largest absolute Gasteiger partial charge is 0.507 e. The van der Waals surface area contributed by atoms with Crippen LogP contribution in [0.3, 0.4) is 0 Å². The second kappa shape index (κ2) is 12.8. The molecule has 5 rings (SSSR count). The Morgan fingerprint density at radius 1 is 1.21 bits per heavy atom. The molecule has 1 fully saturated rings. The van der Waals surface area contributed by atoms with Gasteiger partial charge in [0.05, 0.1) is 29.0 Å². The van der Waals surface area contributed by atoms with Crippen LogP contribution in [0.4, 0.5) is 11.6 Å². The zero-order valence-electron chi connectivity index (χ0n) is 23.0. The van der Waals surface area contributed by atoms with E-state index in [9.17, 15) is 19.8 Å². The highest BCUT2D eigenvalue weighted by Gasteiger charge is 2.27. The van der Waals surface area contributed by atoms with Gasteiger partial charge in [0.25, 0.3) is 11.9 Å². The van der Waals surface area contributed by atoms with E-state index in [4.69, 9.17) is 16.0 Å². The van der Waals surface area contributed by atoms with Crippen molar-refractivity contribution in [3.05, 3.63) is 42.2 Å². The lowest BCUT2D eigenvalue weighted by Gasteiger charge is -2.29. The Bertz CT molecular complexity index is 1660. The standard InChI is InChI=1S/C29H33N9O4/c30-12-2-1-3-22(28(41)42)34-27(40)21-15-18(6-9-24(21)39)36-37-29-35-23-16-33-26-20(11-14-32-26)25(23)38(29)19-7-4-17(5-8-19)10-13-31/h6,9,11,14-17,19,22,39H,1-5,7-8,10,12,30H2,(H,32,33)(H,34,40)(H,41,42)/b37-36+/t17?,19?,22-/m1/s1. The Morgan fingerprint density at radius 3 is 2.76 bits per heavy atom. The van der Waals surface area contributed by atoms with Crippen molar-refractivity contribution >= 4 is 45.6 Å². The number of phenols is 1. The number of aromatic amines is 1. The molecular formula is C29H33N9O4. The molecule has 0 bridgehead atoms. The number of hydrogen-bond acceptors (Lipinski definition) is 9. The first-order valence-corrected chi connectivity index (χ1v) is 14.1. The normalized spacial score (nSPS) is 17.9. The van der Waals surface area contributed by atoms with Crippen molar-refractivity contribution in [3.8, 4) is 11.8 Å². The number of nitrogens with zero attached hydrogens (tertiary/aromatic N) is 6. The highest BCUT2D eigenvalue weighted by molar-refractivity contribution is 6.02. The second-order valence-electron chi connectivity index (χ2n) is 10.6. The van der Waals surface area contributed by atoms with Crippen LogP contribution in [0.1, 0.15) is 67.8 Å². The van der Waals surface area contributed by atoms with Gasteiger partial charge in [0, 0.05) is 24.0 Å². The number of fused-ring (bicyclic) bond motifs is 3. The number of benzene rings is 1. The molecule has 0 saturated heterocycles. The Labute approximate surface area is 241 Å². The summed E-state index contributed by atoms with van der Waals surface area (Å²) >= 11 is 0. The smallest absolute Gasteiger partial charge is 0.326 e. The number of amides is 1. The number of azo groups is 1. The SMILES string of the molecule is N#CCC1CCC(n2c(/N=N/c3ccc(O)c(C(=O)N[C@H](CCCCN)C(=O)O)c3)nc3cnc4[nH]ccc4c32)CC1. The van der Waals surface area contributed by atoms with Crippen LogP contribution in [-0.4, -0.2) is 54.2 Å². The summed E-state index contributed by atoms with van der Waals surface area (Å²) in [5.74, 6) is -1.44. The van der Waals surface area contributed by atoms with E-state index in [-0.39, 0.29) is 29.5 Å². The molecule has 13 heteroatoms. The fourth-order valence-corrected chi connectivity index (χ4v) is 5.59. The minimum absolute atomic E-state index is 0.104. The maximum absolute atomic E-state index is 12.9. The first-order chi connectivity index (χ1) is 20.4. The molecule has 0 spiro atoms. The third-order valence-corrected chi connectivity index (χ3v) is 7.81. The summed E-state index contributed by atoms with van der Waals surface area (Å²) in [4.78, 5) is 36.9. The van der Waals surface area contributed by atoms with Gasteiger partial charge < -0.3 is 30.8 Å². The molecule has 0 radical (unpaired) electrons. The van der Waals surface area contributed by atoms with Crippen LogP contribution in [0, 0.1) is 17.2 Å². The number of imidazole rings is 1. The quantitative estimate of drug-likeness (QED) is 0.122. The number of nitrogens with one attached hydrogen (secondary N) is 2. The van der Waals surface area contributed by atoms with Crippen molar-refractivity contribution in [1.29, 1.82) is 5.26 Å². The number of carboxylic acids is 1. The van der Waals surface area contributed by atoms with E-state index in [1.807, 2.05) is 12.3 Å². The predicted molar refractivity (Wildman–Crippen MR) is 155 cm³/mol. The number of aliphatic carboxylic acids is 1. The summed E-state index contributed by atoms with van der Waals surface area (Å²) in [6.45, 7) is 0.428. The zero-order valence-corrected chi connectivity index (χ0v) is 23.0. The van der Waals surface area contributed by atoms with Gasteiger partial charge in [0.1, 0.15) is 23.0 Å². The lowest BCUT2D eigenvalue weighted by Crippen LogP contribution is -2.40. The lowest BCUT2D eigenvalue weighted by atomic mass is 9.84. The first-order valence-electron chi connectivity index (χ1n) is 14.1. The van der Waals surface area contributed by atoms with Crippen LogP contribution in [0.15, 0.2) is 46.9 Å². The molecule has 3 aromatic heterocycles. The molecule has 13 nitrogen and oxygen atoms in total. The monoisotopic (exact) mass is 571 g/mol. The molecule has 42 heavy (non-hydrogen) atoms. The molecule has 0 unspecified atom stereocenters. The fraction of sp³-hybridized carbons (Fsp3) is 0.414. The number of H-pyrrole nitrogens is 1. The second-order valence-corrected chi connectivity index (χ2v) is 10.6. The number of carbonyl (C=O) groups excluding carboxylic acids is 1. The number of hydrogen-bond donors (Lipinski definition) is 5. The molecule has 1 aromatic carbocycles. The molecule has 3 heterocycles. The van der Waals surface area contributed by atoms with E-state index >= 15 is 0 Å². The van der Waals surface area contributed by atoms with Gasteiger partial charge in [0.15, 0.2) is 0 Å². The van der Waals surface area contributed by atoms with Gasteiger partial charge in [-0.2, -0.15) is 5.26 Å². The number of rotatable bonds is 11. The van der Waals surface area contributed by atoms with Crippen LogP contribution in [0.2, 0.25) is 0 Å². The Morgan fingerprint density at radius 2 is 2.02 bits per heavy atom. The van der Waals surface area contributed by atoms with Crippen molar-refractivity contribution in [2.24, 2.45) is 21.9 Å². The van der Waals surface area contributed by atoms with E-state index in [1.54, 1.807) is 6.20 Å². The molecule has 1 saturated carbocycles. The van der Waals surface area contributed by atoms with E-state index in [1.165, 1.54) is 18.2 Å². The minimum atomic E-state index is -1.16. The van der Waals surface area contributed by atoms with Gasteiger partial charge in [-0.1, -0.05) is 0 Å². The maximum Gasteiger partial charge on any atom is 0.326 e. The number of nitrogens with two attached hydrogens (primary N) is 1. The van der Waals surface area contributed by atoms with E-state index in [0.717, 1.165) is 42.2 Å². The Balaban J connectivity index is 1.44. The van der Waals surface area contributed by atoms with E-state index in [2.05, 4.69) is 36.1 Å². The molecule has 1 amide bonds. The molecule has 0 aliphatic heterocycles. The van der Waals surface area contributed by atoms with E-state index in [0.29, 0.717) is 43.2 Å². The van der Waals surface area contributed by atoms with Crippen molar-refractivity contribution < 1.29 is 19.8 Å². The molecule has 1 atom stereocenters. The molecule has 6 N–H and O–H groups in total. The fourth-order valence-electron chi connectivity index (χ4n) is 5.59. The third kappa shape index (κ3) is 6.08. The summed E-state index contributed by atoms with van der Waals surface area (Å²) in [5.41, 5.74) is 7.98. The summed E-state index contributed by atoms with van der Waals surface area (Å²) in [7, 11) is 0. The third-order valence-electron chi connectivity index (χ3n) is 7.81. The van der Waals surface area contributed by atoms with Crippen LogP contribution in [0.5, 0.6) is 5.75 Å². The summed E-state index contributed by atoms with van der Waals surface area (Å²) < 4.78 is 2.09. The summed E-state index contributed by atoms with van der Waals surface area (Å²) in [5, 5.41) is 41.2. The topological polar surface area (TPSA) is 208 Å². The van der Waals surface area contributed by atoms with Gasteiger partial charge in [-0.25, -0.2) is 14.8 Å². The number of phenolic OH excluding ortho intramolecular Hbond substituents is 1. The van der Waals surface area contributed by atoms with Gasteiger partial charge in [0.2, 0.25) is 0 Å². The highest BCUT2D eigenvalue weighted by Crippen LogP contribution is 2.40. The van der Waals surface area contributed by atoms with Gasteiger partial charge in [-0.3, -0.25) is 4.79 Å². The zero-order chi connectivity index (χ0) is 29.6. The highest BCUT2D eigenvalue weighted by atomic mass is 16.4. The number of aromatic nitrogens is 4. The molecule has 4 aromatic rings. The van der Waals surface area contributed by atoms with Crippen LogP contribution >= 0.6 is 0 Å². The number of nitriles is 1. The Kier molecular flexibility index (Phi) is 8.73. The maximum atomic E-state index is 12.9. The van der Waals surface area contributed by atoms with Crippen LogP contribution < -0.4 is 11.1 Å².